The molecule has 61 heavy (non-hydrogen) atoms. The van der Waals surface area contributed by atoms with Crippen molar-refractivity contribution in [2.75, 3.05) is 18.5 Å². The molecule has 3 saturated carbocycles. The van der Waals surface area contributed by atoms with Crippen molar-refractivity contribution in [2.45, 2.75) is 134 Å². The van der Waals surface area contributed by atoms with E-state index >= 15 is 0 Å². The summed E-state index contributed by atoms with van der Waals surface area (Å²) in [4.78, 5) is 67.7. The number of nitrogens with zero attached hydrogens (tertiary/aromatic N) is 3. The molecule has 328 valence electrons. The van der Waals surface area contributed by atoms with Crippen LogP contribution < -0.4 is 30.1 Å². The Labute approximate surface area is 360 Å². The van der Waals surface area contributed by atoms with Crippen LogP contribution in [-0.4, -0.2) is 101 Å². The number of thiazole rings is 1. The number of ether oxygens (including phenoxy) is 3. The van der Waals surface area contributed by atoms with E-state index in [9.17, 15) is 27.6 Å². The van der Waals surface area contributed by atoms with Gasteiger partial charge in [-0.2, -0.15) is 0 Å². The van der Waals surface area contributed by atoms with Gasteiger partial charge in [0.05, 0.1) is 29.6 Å². The maximum atomic E-state index is 14.8. The predicted molar refractivity (Wildman–Crippen MR) is 230 cm³/mol. The van der Waals surface area contributed by atoms with Crippen LogP contribution in [0.25, 0.3) is 22.3 Å². The number of sulfonamides is 1. The molecule has 4 fully saturated rings. The molecule has 5 atom stereocenters. The molecular weight excluding hydrogens is 823 g/mol. The average molecular weight is 878 g/mol. The lowest BCUT2D eigenvalue weighted by Gasteiger charge is -2.35. The number of aromatic nitrogens is 2. The van der Waals surface area contributed by atoms with Gasteiger partial charge in [0.2, 0.25) is 21.8 Å². The first-order valence-electron chi connectivity index (χ1n) is 21.2. The Balaban J connectivity index is 1.12. The number of fused-ring (bicyclic) bond motifs is 3. The SMILES string of the molecule is C=C[C@@H]1C[C@]1(NC(=O)[C@@H]1C[C@@H](Oc2cc(-c3csc(NC(C)C)n3)nc3c4c(ccc23)OCC4)CN1C(=O)[C@@H](NC(=O)OC1CCCC1)C(C)(C)C)C(=O)NS(=O)(=O)C1CC1. The summed E-state index contributed by atoms with van der Waals surface area (Å²) in [5.74, 6) is -1.35. The third-order valence-electron chi connectivity index (χ3n) is 12.1. The van der Waals surface area contributed by atoms with Crippen molar-refractivity contribution in [2.24, 2.45) is 11.3 Å². The van der Waals surface area contributed by atoms with Gasteiger partial charge in [0.15, 0.2) is 5.13 Å². The normalized spacial score (nSPS) is 24.2. The number of hydrogen-bond donors (Lipinski definition) is 4. The lowest BCUT2D eigenvalue weighted by molar-refractivity contribution is -0.143. The molecular formula is C43H55N7O9S2. The number of rotatable bonds is 14. The molecule has 2 aromatic heterocycles. The number of benzene rings is 1. The van der Waals surface area contributed by atoms with Crippen LogP contribution in [0.5, 0.6) is 11.5 Å². The number of alkyl carbamates (subject to hydrolysis) is 1. The zero-order valence-electron chi connectivity index (χ0n) is 35.2. The van der Waals surface area contributed by atoms with Gasteiger partial charge in [0.25, 0.3) is 5.91 Å². The maximum Gasteiger partial charge on any atom is 0.408 e. The molecule has 0 radical (unpaired) electrons. The van der Waals surface area contributed by atoms with Crippen molar-refractivity contribution >= 4 is 61.2 Å². The lowest BCUT2D eigenvalue weighted by atomic mass is 9.85. The van der Waals surface area contributed by atoms with E-state index < -0.39 is 74.1 Å². The second-order valence-electron chi connectivity index (χ2n) is 18.3. The first kappa shape index (κ1) is 42.7. The van der Waals surface area contributed by atoms with E-state index in [1.807, 2.05) is 58.2 Å². The molecule has 18 heteroatoms. The quantitative estimate of drug-likeness (QED) is 0.154. The van der Waals surface area contributed by atoms with Gasteiger partial charge in [-0.1, -0.05) is 26.8 Å². The van der Waals surface area contributed by atoms with Gasteiger partial charge in [-0.15, -0.1) is 17.9 Å². The highest BCUT2D eigenvalue weighted by molar-refractivity contribution is 7.91. The molecule has 3 aromatic rings. The summed E-state index contributed by atoms with van der Waals surface area (Å²) in [5.41, 5.74) is 0.476. The fourth-order valence-electron chi connectivity index (χ4n) is 8.57. The molecule has 8 rings (SSSR count). The summed E-state index contributed by atoms with van der Waals surface area (Å²) >= 11 is 1.46. The van der Waals surface area contributed by atoms with Gasteiger partial charge >= 0.3 is 6.09 Å². The van der Waals surface area contributed by atoms with Gasteiger partial charge in [-0.3, -0.25) is 19.1 Å². The van der Waals surface area contributed by atoms with Crippen LogP contribution in [0.1, 0.15) is 91.5 Å². The Hall–Kier alpha value is -4.97. The lowest BCUT2D eigenvalue weighted by Crippen LogP contribution is -2.60. The van der Waals surface area contributed by atoms with E-state index in [0.717, 1.165) is 47.5 Å². The highest BCUT2D eigenvalue weighted by Gasteiger charge is 2.62. The van der Waals surface area contributed by atoms with Crippen LogP contribution in [0.4, 0.5) is 9.93 Å². The van der Waals surface area contributed by atoms with Crippen LogP contribution in [0.3, 0.4) is 0 Å². The third-order valence-corrected chi connectivity index (χ3v) is 14.7. The molecule has 0 unspecified atom stereocenters. The van der Waals surface area contributed by atoms with Crippen molar-refractivity contribution in [3.8, 4) is 22.9 Å². The van der Waals surface area contributed by atoms with E-state index in [0.29, 0.717) is 48.5 Å². The van der Waals surface area contributed by atoms with Crippen molar-refractivity contribution < 1.29 is 41.8 Å². The van der Waals surface area contributed by atoms with E-state index in [2.05, 4.69) is 27.3 Å². The minimum atomic E-state index is -3.92. The fraction of sp³-hybridized carbons (Fsp3) is 0.581. The number of carbonyl (C=O) groups is 4. The Morgan fingerprint density at radius 2 is 1.82 bits per heavy atom. The minimum absolute atomic E-state index is 0.0180. The molecule has 0 spiro atoms. The van der Waals surface area contributed by atoms with Gasteiger partial charge < -0.3 is 35.1 Å². The Morgan fingerprint density at radius 3 is 2.49 bits per heavy atom. The fourth-order valence-corrected chi connectivity index (χ4v) is 10.8. The first-order valence-corrected chi connectivity index (χ1v) is 23.6. The monoisotopic (exact) mass is 877 g/mol. The van der Waals surface area contributed by atoms with E-state index in [1.165, 1.54) is 22.3 Å². The summed E-state index contributed by atoms with van der Waals surface area (Å²) in [6, 6.07) is 3.49. The van der Waals surface area contributed by atoms with Crippen LogP contribution in [0, 0.1) is 11.3 Å². The number of pyridine rings is 1. The van der Waals surface area contributed by atoms with Gasteiger partial charge in [0.1, 0.15) is 47.0 Å². The smallest absolute Gasteiger partial charge is 0.408 e. The topological polar surface area (TPSA) is 207 Å². The van der Waals surface area contributed by atoms with Crippen LogP contribution >= 0.6 is 11.3 Å². The standard InChI is InChI=1S/C43H55N7O9S2/c1-7-24-20-43(24,39(53)49-61(55,56)27-12-13-27)48-37(51)32-18-26(21-50(32)38(52)36(42(4,5)6)47-41(54)59-25-10-8-9-11-25)58-34-19-30(31-22-60-40(46-31)44-23(2)3)45-35-28(34)14-15-33-29(35)16-17-57-33/h7,14-15,19,22-27,32,36H,1,8-13,16-18,20-21H2,2-6H3,(H,44,46)(H,47,54)(H,48,51)(H,49,53)/t24-,26-,32+,36-,43-/m1/s1. The molecule has 4 N–H and O–H groups in total. The van der Waals surface area contributed by atoms with Crippen molar-refractivity contribution in [3.63, 3.8) is 0 Å². The highest BCUT2D eigenvalue weighted by Crippen LogP contribution is 2.46. The number of hydrogen-bond acceptors (Lipinski definition) is 13. The summed E-state index contributed by atoms with van der Waals surface area (Å²) < 4.78 is 46.3. The zero-order chi connectivity index (χ0) is 43.4. The predicted octanol–water partition coefficient (Wildman–Crippen LogP) is 5.21. The van der Waals surface area contributed by atoms with E-state index in [4.69, 9.17) is 24.2 Å². The number of anilines is 1. The minimum Gasteiger partial charge on any atom is -0.493 e. The van der Waals surface area contributed by atoms with Crippen molar-refractivity contribution in [1.29, 1.82) is 0 Å². The average Bonchev–Trinajstić information content (AvgIpc) is 3.81. The molecule has 2 aliphatic heterocycles. The number of likely N-dealkylation sites (tertiary alicyclic amines) is 1. The largest absolute Gasteiger partial charge is 0.493 e. The number of amides is 4. The van der Waals surface area contributed by atoms with Crippen LogP contribution in [-0.2, 0) is 35.6 Å². The number of carbonyl (C=O) groups excluding carboxylic acids is 4. The summed E-state index contributed by atoms with van der Waals surface area (Å²) in [6.45, 7) is 13.8. The summed E-state index contributed by atoms with van der Waals surface area (Å²) in [5, 5.41) is 11.7. The Kier molecular flexibility index (Phi) is 11.5. The molecule has 0 bridgehead atoms. The van der Waals surface area contributed by atoms with Gasteiger partial charge in [-0.05, 0) is 76.3 Å². The van der Waals surface area contributed by atoms with Gasteiger partial charge in [0, 0.05) is 47.2 Å². The van der Waals surface area contributed by atoms with Crippen molar-refractivity contribution in [1.82, 2.24) is 30.2 Å². The van der Waals surface area contributed by atoms with Crippen LogP contribution in [0.15, 0.2) is 36.2 Å². The maximum absolute atomic E-state index is 14.8. The summed E-state index contributed by atoms with van der Waals surface area (Å²) in [7, 11) is -3.92. The molecule has 3 aliphatic carbocycles. The second kappa shape index (κ2) is 16.4. The van der Waals surface area contributed by atoms with Gasteiger partial charge in [-0.25, -0.2) is 23.2 Å². The molecule has 4 amide bonds. The van der Waals surface area contributed by atoms with E-state index in [-0.39, 0.29) is 31.5 Å². The summed E-state index contributed by atoms with van der Waals surface area (Å²) in [6.07, 6.45) is 4.94. The van der Waals surface area contributed by atoms with Crippen LogP contribution in [0.2, 0.25) is 0 Å². The number of nitrogens with one attached hydrogen (secondary N) is 4. The molecule has 4 heterocycles. The zero-order valence-corrected chi connectivity index (χ0v) is 36.9. The Morgan fingerprint density at radius 1 is 1.07 bits per heavy atom. The molecule has 1 saturated heterocycles. The van der Waals surface area contributed by atoms with E-state index in [1.54, 1.807) is 0 Å². The third kappa shape index (κ3) is 8.88. The van der Waals surface area contributed by atoms with Crippen molar-refractivity contribution in [3.05, 3.63) is 41.8 Å². The Bertz CT molecular complexity index is 2350. The molecule has 16 nitrogen and oxygen atoms in total. The molecule has 1 aromatic carbocycles. The molecule has 5 aliphatic rings. The highest BCUT2D eigenvalue weighted by atomic mass is 32.2. The first-order chi connectivity index (χ1) is 29.0. The second-order valence-corrected chi connectivity index (χ2v) is 21.1.